The number of rotatable bonds is 4. The molecule has 0 aromatic rings. The molecule has 1 heterocycles. The average molecular weight is 218 g/mol. The molecule has 0 aromatic heterocycles. The summed E-state index contributed by atoms with van der Waals surface area (Å²) in [5.41, 5.74) is 0. The van der Waals surface area contributed by atoms with Crippen molar-refractivity contribution in [2.75, 3.05) is 13.2 Å². The zero-order chi connectivity index (χ0) is 11.4. The lowest BCUT2D eigenvalue weighted by Gasteiger charge is -2.39. The summed E-state index contributed by atoms with van der Waals surface area (Å²) in [4.78, 5) is 0. The molecule has 1 rings (SSSR count). The van der Waals surface area contributed by atoms with E-state index in [2.05, 4.69) is 0 Å². The van der Waals surface area contributed by atoms with E-state index in [1.165, 1.54) is 0 Å². The van der Waals surface area contributed by atoms with Crippen LogP contribution < -0.4 is 0 Å². The van der Waals surface area contributed by atoms with Gasteiger partial charge in [-0.2, -0.15) is 0 Å². The second-order valence-corrected chi connectivity index (χ2v) is 3.36. The number of ether oxygens (including phenoxy) is 2. The van der Waals surface area contributed by atoms with Crippen molar-refractivity contribution in [3.63, 3.8) is 0 Å². The van der Waals surface area contributed by atoms with Crippen molar-refractivity contribution in [2.45, 2.75) is 37.0 Å². The highest BCUT2D eigenvalue weighted by Gasteiger charge is 2.43. The molecule has 0 bridgehead atoms. The third-order valence-electron chi connectivity index (χ3n) is 2.25. The van der Waals surface area contributed by atoms with Gasteiger partial charge in [-0.1, -0.05) is 6.32 Å². The molecule has 1 aliphatic rings. The van der Waals surface area contributed by atoms with E-state index in [1.54, 1.807) is 0 Å². The maximum Gasteiger partial charge on any atom is 0.186 e. The summed E-state index contributed by atoms with van der Waals surface area (Å²) in [6.45, 7) is -0.309. The molecule has 0 amide bonds. The van der Waals surface area contributed by atoms with E-state index in [0.717, 1.165) is 0 Å². The second kappa shape index (κ2) is 5.79. The van der Waals surface area contributed by atoms with Crippen molar-refractivity contribution in [1.29, 1.82) is 0 Å². The maximum absolute atomic E-state index is 9.47. The standard InChI is InChI=1S/C8H15BO6/c9-1-2-14-8-7(13)6(12)5(11)4(3-10)15-8/h4-8,10-13H,1-3H2/t4-,5+,6+,7-,8?/m1/s1. The summed E-state index contributed by atoms with van der Waals surface area (Å²) in [5, 5.41) is 37.1. The highest BCUT2D eigenvalue weighted by atomic mass is 16.7. The molecule has 4 N–H and O–H groups in total. The third kappa shape index (κ3) is 2.90. The van der Waals surface area contributed by atoms with Gasteiger partial charge < -0.3 is 29.9 Å². The monoisotopic (exact) mass is 218 g/mol. The van der Waals surface area contributed by atoms with Crippen molar-refractivity contribution in [3.05, 3.63) is 0 Å². The second-order valence-electron chi connectivity index (χ2n) is 3.36. The predicted molar refractivity (Wildman–Crippen MR) is 50.3 cm³/mol. The molecule has 15 heavy (non-hydrogen) atoms. The number of aliphatic hydroxyl groups is 4. The van der Waals surface area contributed by atoms with Crippen LogP contribution in [0.2, 0.25) is 6.32 Å². The van der Waals surface area contributed by atoms with Crippen LogP contribution in [0.25, 0.3) is 0 Å². The first-order chi connectivity index (χ1) is 7.11. The quantitative estimate of drug-likeness (QED) is 0.386. The smallest absolute Gasteiger partial charge is 0.186 e. The number of hydrogen-bond acceptors (Lipinski definition) is 6. The molecule has 0 spiro atoms. The number of aliphatic hydroxyl groups excluding tert-OH is 4. The summed E-state index contributed by atoms with van der Waals surface area (Å²) in [7, 11) is 5.20. The molecule has 1 unspecified atom stereocenters. The van der Waals surface area contributed by atoms with Gasteiger partial charge in [-0.25, -0.2) is 0 Å². The lowest BCUT2D eigenvalue weighted by atomic mass is 9.99. The largest absolute Gasteiger partial charge is 0.394 e. The van der Waals surface area contributed by atoms with Gasteiger partial charge in [0.25, 0.3) is 0 Å². The SMILES string of the molecule is [B]CCOC1O[C@H](CO)[C@H](O)[C@H](O)[C@H]1O. The normalized spacial score (nSPS) is 41.7. The van der Waals surface area contributed by atoms with E-state index in [1.807, 2.05) is 0 Å². The van der Waals surface area contributed by atoms with Gasteiger partial charge in [-0.05, 0) is 0 Å². The topological polar surface area (TPSA) is 99.4 Å². The molecule has 0 aliphatic carbocycles. The molecule has 2 radical (unpaired) electrons. The molecule has 0 aromatic carbocycles. The summed E-state index contributed by atoms with van der Waals surface area (Å²) in [5.74, 6) is 0. The van der Waals surface area contributed by atoms with Crippen molar-refractivity contribution in [1.82, 2.24) is 0 Å². The Labute approximate surface area is 88.8 Å². The van der Waals surface area contributed by atoms with E-state index in [-0.39, 0.29) is 12.9 Å². The Balaban J connectivity index is 2.57. The van der Waals surface area contributed by atoms with Crippen LogP contribution in [0.5, 0.6) is 0 Å². The lowest BCUT2D eigenvalue weighted by molar-refractivity contribution is -0.299. The van der Waals surface area contributed by atoms with E-state index in [0.29, 0.717) is 0 Å². The zero-order valence-electron chi connectivity index (χ0n) is 8.19. The minimum atomic E-state index is -1.40. The fraction of sp³-hybridized carbons (Fsp3) is 1.00. The minimum Gasteiger partial charge on any atom is -0.394 e. The average Bonchev–Trinajstić information content (AvgIpc) is 2.25. The molecular formula is C8H15BO6. The Morgan fingerprint density at radius 2 is 1.80 bits per heavy atom. The fourth-order valence-electron chi connectivity index (χ4n) is 1.39. The molecule has 0 saturated carbocycles. The third-order valence-corrected chi connectivity index (χ3v) is 2.25. The van der Waals surface area contributed by atoms with E-state index < -0.39 is 37.3 Å². The molecular weight excluding hydrogens is 203 g/mol. The van der Waals surface area contributed by atoms with Gasteiger partial charge >= 0.3 is 0 Å². The van der Waals surface area contributed by atoms with Crippen molar-refractivity contribution in [2.24, 2.45) is 0 Å². The van der Waals surface area contributed by atoms with Crippen LogP contribution in [-0.4, -0.2) is 72.2 Å². The molecule has 86 valence electrons. The summed E-state index contributed by atoms with van der Waals surface area (Å²) in [6, 6.07) is 0. The maximum atomic E-state index is 9.47. The molecule has 1 saturated heterocycles. The van der Waals surface area contributed by atoms with Crippen LogP contribution in [0.4, 0.5) is 0 Å². The van der Waals surface area contributed by atoms with Crippen molar-refractivity contribution in [3.8, 4) is 0 Å². The highest BCUT2D eigenvalue weighted by Crippen LogP contribution is 2.21. The van der Waals surface area contributed by atoms with Crippen LogP contribution >= 0.6 is 0 Å². The van der Waals surface area contributed by atoms with Gasteiger partial charge in [0, 0.05) is 6.61 Å². The minimum absolute atomic E-state index is 0.155. The molecule has 5 atom stereocenters. The van der Waals surface area contributed by atoms with E-state index in [9.17, 15) is 15.3 Å². The van der Waals surface area contributed by atoms with Crippen LogP contribution in [0.1, 0.15) is 0 Å². The van der Waals surface area contributed by atoms with Gasteiger partial charge in [-0.15, -0.1) is 0 Å². The Kier molecular flexibility index (Phi) is 4.97. The van der Waals surface area contributed by atoms with Gasteiger partial charge in [-0.3, -0.25) is 0 Å². The summed E-state index contributed by atoms with van der Waals surface area (Å²) < 4.78 is 10.1. The Morgan fingerprint density at radius 1 is 1.13 bits per heavy atom. The summed E-state index contributed by atoms with van der Waals surface area (Å²) in [6.07, 6.45) is -5.89. The van der Waals surface area contributed by atoms with Gasteiger partial charge in [0.05, 0.1) is 14.5 Å². The van der Waals surface area contributed by atoms with Crippen molar-refractivity contribution < 1.29 is 29.9 Å². The Bertz CT molecular complexity index is 190. The molecule has 1 aliphatic heterocycles. The van der Waals surface area contributed by atoms with Crippen LogP contribution in [0.15, 0.2) is 0 Å². The van der Waals surface area contributed by atoms with Gasteiger partial charge in [0.2, 0.25) is 0 Å². The predicted octanol–water partition coefficient (Wildman–Crippen LogP) is -2.61. The van der Waals surface area contributed by atoms with Crippen LogP contribution in [0, 0.1) is 0 Å². The fourth-order valence-corrected chi connectivity index (χ4v) is 1.39. The Morgan fingerprint density at radius 3 is 2.33 bits per heavy atom. The van der Waals surface area contributed by atoms with Crippen molar-refractivity contribution >= 4 is 7.85 Å². The molecule has 7 heteroatoms. The molecule has 1 fully saturated rings. The molecule has 6 nitrogen and oxygen atoms in total. The van der Waals surface area contributed by atoms with E-state index >= 15 is 0 Å². The van der Waals surface area contributed by atoms with E-state index in [4.69, 9.17) is 22.4 Å². The van der Waals surface area contributed by atoms with Gasteiger partial charge in [0.1, 0.15) is 24.4 Å². The van der Waals surface area contributed by atoms with Gasteiger partial charge in [0.15, 0.2) is 6.29 Å². The first kappa shape index (κ1) is 12.9. The first-order valence-corrected chi connectivity index (χ1v) is 4.74. The Hall–Kier alpha value is -0.175. The first-order valence-electron chi connectivity index (χ1n) is 4.74. The summed E-state index contributed by atoms with van der Waals surface area (Å²) >= 11 is 0. The number of hydrogen-bond donors (Lipinski definition) is 4. The van der Waals surface area contributed by atoms with Crippen LogP contribution in [0.3, 0.4) is 0 Å². The lowest BCUT2D eigenvalue weighted by Crippen LogP contribution is -2.59. The highest BCUT2D eigenvalue weighted by molar-refractivity contribution is 6.08. The zero-order valence-corrected chi connectivity index (χ0v) is 8.19. The van der Waals surface area contributed by atoms with Crippen LogP contribution in [-0.2, 0) is 9.47 Å².